The third kappa shape index (κ3) is 1.91. The minimum absolute atomic E-state index is 0.0209. The zero-order valence-corrected chi connectivity index (χ0v) is 14.2. The molecule has 126 valence electrons. The van der Waals surface area contributed by atoms with Crippen molar-refractivity contribution in [2.45, 2.75) is 83.5 Å². The van der Waals surface area contributed by atoms with Gasteiger partial charge in [0.25, 0.3) is 0 Å². The minimum Gasteiger partial charge on any atom is -0.393 e. The smallest absolute Gasteiger partial charge is 0.0747 e. The second kappa shape index (κ2) is 4.94. The van der Waals surface area contributed by atoms with Crippen LogP contribution in [0.3, 0.4) is 0 Å². The fourth-order valence-electron chi connectivity index (χ4n) is 7.31. The number of hydrogen-bond acceptors (Lipinski definition) is 3. The van der Waals surface area contributed by atoms with Crippen LogP contribution in [0.15, 0.2) is 0 Å². The standard InChI is InChI=1S/C19H33NO2/c1-18-7-5-12(21)9-11(18)3-4-13-14(18)6-8-19(2)15(13)10-16(20)17(19)22/h11-17,21-22H,3-10,20H2,1-2H3/t11-,12+,13-,14+,15-,16+,17+,18-,19-/m0/s1. The first kappa shape index (κ1) is 15.4. The van der Waals surface area contributed by atoms with Crippen LogP contribution in [0.1, 0.15) is 65.2 Å². The van der Waals surface area contributed by atoms with Gasteiger partial charge in [-0.05, 0) is 85.9 Å². The van der Waals surface area contributed by atoms with Crippen molar-refractivity contribution >= 4 is 0 Å². The number of fused-ring (bicyclic) bond motifs is 5. The van der Waals surface area contributed by atoms with Gasteiger partial charge in [0.05, 0.1) is 12.2 Å². The first-order valence-electron chi connectivity index (χ1n) is 9.48. The van der Waals surface area contributed by atoms with Crippen molar-refractivity contribution in [1.82, 2.24) is 0 Å². The van der Waals surface area contributed by atoms with Crippen molar-refractivity contribution in [2.24, 2.45) is 40.2 Å². The zero-order chi connectivity index (χ0) is 15.7. The summed E-state index contributed by atoms with van der Waals surface area (Å²) in [7, 11) is 0. The van der Waals surface area contributed by atoms with Crippen LogP contribution < -0.4 is 5.73 Å². The Bertz CT molecular complexity index is 455. The molecule has 4 fully saturated rings. The molecule has 0 bridgehead atoms. The molecule has 0 heterocycles. The normalized spacial score (nSPS) is 61.2. The highest BCUT2D eigenvalue weighted by atomic mass is 16.3. The van der Waals surface area contributed by atoms with Gasteiger partial charge in [0.2, 0.25) is 0 Å². The van der Waals surface area contributed by atoms with E-state index in [1.54, 1.807) is 0 Å². The zero-order valence-electron chi connectivity index (χ0n) is 14.2. The first-order chi connectivity index (χ1) is 10.4. The molecule has 22 heavy (non-hydrogen) atoms. The van der Waals surface area contributed by atoms with Gasteiger partial charge in [-0.25, -0.2) is 0 Å². The molecule has 4 aliphatic rings. The van der Waals surface area contributed by atoms with E-state index in [-0.39, 0.29) is 23.7 Å². The maximum Gasteiger partial charge on any atom is 0.0747 e. The number of rotatable bonds is 0. The maximum absolute atomic E-state index is 10.6. The fourth-order valence-corrected chi connectivity index (χ4v) is 7.31. The molecule has 9 atom stereocenters. The molecule has 3 heteroatoms. The van der Waals surface area contributed by atoms with Gasteiger partial charge in [0.15, 0.2) is 0 Å². The summed E-state index contributed by atoms with van der Waals surface area (Å²) in [6.07, 6.45) is 8.79. The van der Waals surface area contributed by atoms with Gasteiger partial charge in [-0.3, -0.25) is 0 Å². The molecule has 0 aromatic heterocycles. The average Bonchev–Trinajstić information content (AvgIpc) is 2.72. The maximum atomic E-state index is 10.6. The predicted octanol–water partition coefficient (Wildman–Crippen LogP) is 2.69. The molecular formula is C19H33NO2. The lowest BCUT2D eigenvalue weighted by Crippen LogP contribution is -2.54. The van der Waals surface area contributed by atoms with Crippen molar-refractivity contribution in [1.29, 1.82) is 0 Å². The van der Waals surface area contributed by atoms with Crippen LogP contribution >= 0.6 is 0 Å². The molecule has 0 aliphatic heterocycles. The van der Waals surface area contributed by atoms with Crippen molar-refractivity contribution in [3.05, 3.63) is 0 Å². The minimum atomic E-state index is -0.308. The summed E-state index contributed by atoms with van der Waals surface area (Å²) < 4.78 is 0. The van der Waals surface area contributed by atoms with Gasteiger partial charge in [0, 0.05) is 6.04 Å². The van der Waals surface area contributed by atoms with Crippen LogP contribution in [0.5, 0.6) is 0 Å². The molecule has 0 radical (unpaired) electrons. The van der Waals surface area contributed by atoms with Crippen LogP contribution in [0, 0.1) is 34.5 Å². The Balaban J connectivity index is 1.63. The highest BCUT2D eigenvalue weighted by Gasteiger charge is 2.61. The molecule has 3 nitrogen and oxygen atoms in total. The van der Waals surface area contributed by atoms with E-state index in [0.29, 0.717) is 17.3 Å². The SMILES string of the molecule is C[C@]12CC[C@@H](O)C[C@@H]1CC[C@H]1[C@H]2CC[C@]2(C)[C@H](O)[C@H](N)C[C@@H]12. The van der Waals surface area contributed by atoms with E-state index in [4.69, 9.17) is 5.73 Å². The van der Waals surface area contributed by atoms with Crippen molar-refractivity contribution in [3.8, 4) is 0 Å². The topological polar surface area (TPSA) is 66.5 Å². The predicted molar refractivity (Wildman–Crippen MR) is 87.1 cm³/mol. The van der Waals surface area contributed by atoms with Crippen LogP contribution in [0.4, 0.5) is 0 Å². The molecule has 0 unspecified atom stereocenters. The Morgan fingerprint density at radius 3 is 2.36 bits per heavy atom. The van der Waals surface area contributed by atoms with E-state index < -0.39 is 0 Å². The van der Waals surface area contributed by atoms with Crippen LogP contribution in [0.25, 0.3) is 0 Å². The van der Waals surface area contributed by atoms with E-state index >= 15 is 0 Å². The molecule has 0 saturated heterocycles. The van der Waals surface area contributed by atoms with Gasteiger partial charge >= 0.3 is 0 Å². The lowest BCUT2D eigenvalue weighted by atomic mass is 9.45. The first-order valence-corrected chi connectivity index (χ1v) is 9.48. The lowest BCUT2D eigenvalue weighted by Gasteiger charge is -2.60. The van der Waals surface area contributed by atoms with Gasteiger partial charge in [-0.1, -0.05) is 13.8 Å². The summed E-state index contributed by atoms with van der Waals surface area (Å²) in [5.74, 6) is 2.86. The van der Waals surface area contributed by atoms with E-state index in [1.807, 2.05) is 0 Å². The van der Waals surface area contributed by atoms with Gasteiger partial charge in [-0.2, -0.15) is 0 Å². The third-order valence-corrected chi connectivity index (χ3v) is 8.68. The Kier molecular flexibility index (Phi) is 3.46. The lowest BCUT2D eigenvalue weighted by molar-refractivity contribution is -0.134. The van der Waals surface area contributed by atoms with Crippen molar-refractivity contribution in [2.75, 3.05) is 0 Å². The van der Waals surface area contributed by atoms with Crippen LogP contribution in [-0.2, 0) is 0 Å². The number of hydrogen-bond donors (Lipinski definition) is 3. The van der Waals surface area contributed by atoms with Crippen molar-refractivity contribution in [3.63, 3.8) is 0 Å². The Labute approximate surface area is 134 Å². The summed E-state index contributed by atoms with van der Waals surface area (Å²) >= 11 is 0. The molecule has 0 spiro atoms. The molecule has 0 aromatic carbocycles. The molecular weight excluding hydrogens is 274 g/mol. The van der Waals surface area contributed by atoms with Crippen LogP contribution in [0.2, 0.25) is 0 Å². The molecule has 0 amide bonds. The quantitative estimate of drug-likeness (QED) is 0.644. The van der Waals surface area contributed by atoms with Crippen LogP contribution in [-0.4, -0.2) is 28.5 Å². The molecule has 4 saturated carbocycles. The second-order valence-corrected chi connectivity index (χ2v) is 9.47. The highest BCUT2D eigenvalue weighted by molar-refractivity contribution is 5.12. The van der Waals surface area contributed by atoms with Gasteiger partial charge in [-0.15, -0.1) is 0 Å². The molecule has 4 rings (SSSR count). The summed E-state index contributed by atoms with van der Waals surface area (Å²) in [5, 5.41) is 20.7. The second-order valence-electron chi connectivity index (χ2n) is 9.47. The summed E-state index contributed by atoms with van der Waals surface area (Å²) in [6.45, 7) is 4.80. The molecule has 0 aromatic rings. The van der Waals surface area contributed by atoms with E-state index in [1.165, 1.54) is 25.7 Å². The average molecular weight is 307 g/mol. The van der Waals surface area contributed by atoms with Gasteiger partial charge in [0.1, 0.15) is 0 Å². The molecule has 4 aliphatic carbocycles. The third-order valence-electron chi connectivity index (χ3n) is 8.68. The van der Waals surface area contributed by atoms with E-state index in [9.17, 15) is 10.2 Å². The van der Waals surface area contributed by atoms with E-state index in [0.717, 1.165) is 37.5 Å². The molecule has 4 N–H and O–H groups in total. The highest BCUT2D eigenvalue weighted by Crippen LogP contribution is 2.65. The number of aliphatic hydroxyl groups is 2. The van der Waals surface area contributed by atoms with Crippen molar-refractivity contribution < 1.29 is 10.2 Å². The largest absolute Gasteiger partial charge is 0.393 e. The number of aliphatic hydroxyl groups excluding tert-OH is 2. The summed E-state index contributed by atoms with van der Waals surface area (Å²) in [6, 6.07) is -0.0209. The fraction of sp³-hybridized carbons (Fsp3) is 1.00. The Hall–Kier alpha value is -0.120. The van der Waals surface area contributed by atoms with Gasteiger partial charge < -0.3 is 15.9 Å². The monoisotopic (exact) mass is 307 g/mol. The summed E-state index contributed by atoms with van der Waals surface area (Å²) in [4.78, 5) is 0. The van der Waals surface area contributed by atoms with E-state index in [2.05, 4.69) is 13.8 Å². The Morgan fingerprint density at radius 2 is 1.59 bits per heavy atom. The summed E-state index contributed by atoms with van der Waals surface area (Å²) in [5.41, 5.74) is 6.72. The Morgan fingerprint density at radius 1 is 0.864 bits per heavy atom. The number of nitrogens with two attached hydrogens (primary N) is 1.